The largest absolute Gasteiger partial charge is 0.454 e. The number of aryl methyl sites for hydroxylation is 1. The van der Waals surface area contributed by atoms with Crippen molar-refractivity contribution in [1.29, 1.82) is 0 Å². The average Bonchev–Trinajstić information content (AvgIpc) is 3.32. The predicted molar refractivity (Wildman–Crippen MR) is 91.8 cm³/mol. The summed E-state index contributed by atoms with van der Waals surface area (Å²) in [7, 11) is 1.90. The van der Waals surface area contributed by atoms with E-state index in [0.29, 0.717) is 24.5 Å². The minimum absolute atomic E-state index is 0.0254. The van der Waals surface area contributed by atoms with Gasteiger partial charge in [0.15, 0.2) is 11.5 Å². The first-order valence-electron chi connectivity index (χ1n) is 8.77. The van der Waals surface area contributed by atoms with Gasteiger partial charge in [0.2, 0.25) is 12.7 Å². The number of rotatable bonds is 5. The van der Waals surface area contributed by atoms with Crippen molar-refractivity contribution in [1.82, 2.24) is 20.1 Å². The quantitative estimate of drug-likeness (QED) is 0.819. The van der Waals surface area contributed by atoms with E-state index in [-0.39, 0.29) is 31.0 Å². The maximum Gasteiger partial charge on any atom is 0.231 e. The molecule has 2 heterocycles. The fraction of sp³-hybridized carbons (Fsp3) is 0.500. The van der Waals surface area contributed by atoms with Crippen LogP contribution >= 0.6 is 0 Å². The van der Waals surface area contributed by atoms with Crippen molar-refractivity contribution in [3.63, 3.8) is 0 Å². The van der Waals surface area contributed by atoms with Gasteiger partial charge in [-0.3, -0.25) is 4.79 Å². The molecule has 2 aromatic rings. The first-order chi connectivity index (χ1) is 12.6. The summed E-state index contributed by atoms with van der Waals surface area (Å²) in [5.41, 5.74) is 0.871. The van der Waals surface area contributed by atoms with Crippen LogP contribution in [0, 0.1) is 5.92 Å². The van der Waals surface area contributed by atoms with Gasteiger partial charge in [-0.1, -0.05) is 6.07 Å². The summed E-state index contributed by atoms with van der Waals surface area (Å²) in [5, 5.41) is 21.3. The van der Waals surface area contributed by atoms with Crippen molar-refractivity contribution in [3.8, 4) is 11.5 Å². The summed E-state index contributed by atoms with van der Waals surface area (Å²) in [4.78, 5) is 12.2. The van der Waals surface area contributed by atoms with Crippen molar-refractivity contribution < 1.29 is 19.4 Å². The molecule has 1 aliphatic heterocycles. The summed E-state index contributed by atoms with van der Waals surface area (Å²) >= 11 is 0. The van der Waals surface area contributed by atoms with E-state index >= 15 is 0 Å². The maximum atomic E-state index is 12.2. The van der Waals surface area contributed by atoms with Crippen LogP contribution in [0.1, 0.15) is 30.1 Å². The highest BCUT2D eigenvalue weighted by Crippen LogP contribution is 2.37. The van der Waals surface area contributed by atoms with E-state index in [1.54, 1.807) is 6.33 Å². The fourth-order valence-corrected chi connectivity index (χ4v) is 3.74. The lowest BCUT2D eigenvalue weighted by molar-refractivity contribution is -0.120. The molecule has 0 unspecified atom stereocenters. The van der Waals surface area contributed by atoms with Crippen LogP contribution in [0.25, 0.3) is 0 Å². The Hall–Kier alpha value is -2.61. The number of nitrogens with one attached hydrogen (secondary N) is 1. The van der Waals surface area contributed by atoms with Crippen molar-refractivity contribution in [2.24, 2.45) is 13.0 Å². The molecule has 4 rings (SSSR count). The zero-order valence-corrected chi connectivity index (χ0v) is 14.6. The standard InChI is InChI=1S/C18H22N4O4/c1-22-9-20-21-18(22)12-6-13(14(23)7-12)8-19-17(24)5-11-2-3-15-16(4-11)26-10-25-15/h2-4,9,12-14,23H,5-8,10H2,1H3,(H,19,24)/t12-,13+,14+/m0/s1. The molecule has 1 amide bonds. The molecule has 8 nitrogen and oxygen atoms in total. The lowest BCUT2D eigenvalue weighted by atomic mass is 10.0. The predicted octanol–water partition coefficient (Wildman–Crippen LogP) is 0.757. The zero-order valence-electron chi connectivity index (χ0n) is 14.6. The van der Waals surface area contributed by atoms with Crippen LogP contribution in [-0.2, 0) is 18.3 Å². The molecule has 2 aliphatic rings. The fourth-order valence-electron chi connectivity index (χ4n) is 3.74. The molecule has 0 spiro atoms. The second-order valence-corrected chi connectivity index (χ2v) is 6.96. The van der Waals surface area contributed by atoms with Crippen molar-refractivity contribution >= 4 is 5.91 Å². The molecule has 0 saturated heterocycles. The number of carbonyl (C=O) groups excluding carboxylic acids is 1. The number of aliphatic hydroxyl groups excluding tert-OH is 1. The Morgan fingerprint density at radius 1 is 1.35 bits per heavy atom. The minimum atomic E-state index is -0.442. The van der Waals surface area contributed by atoms with Gasteiger partial charge in [0.1, 0.15) is 12.2 Å². The highest BCUT2D eigenvalue weighted by molar-refractivity contribution is 5.78. The minimum Gasteiger partial charge on any atom is -0.454 e. The Bertz CT molecular complexity index is 806. The summed E-state index contributed by atoms with van der Waals surface area (Å²) in [6.07, 6.45) is 2.93. The second kappa shape index (κ2) is 6.95. The van der Waals surface area contributed by atoms with E-state index in [2.05, 4.69) is 15.5 Å². The third-order valence-electron chi connectivity index (χ3n) is 5.13. The van der Waals surface area contributed by atoms with Gasteiger partial charge in [0, 0.05) is 25.4 Å². The first-order valence-corrected chi connectivity index (χ1v) is 8.77. The monoisotopic (exact) mass is 358 g/mol. The lowest BCUT2D eigenvalue weighted by Crippen LogP contribution is -2.33. The molecule has 0 radical (unpaired) electrons. The lowest BCUT2D eigenvalue weighted by Gasteiger charge is -2.15. The molecular weight excluding hydrogens is 336 g/mol. The van der Waals surface area contributed by atoms with E-state index in [1.807, 2.05) is 29.8 Å². The number of benzene rings is 1. The van der Waals surface area contributed by atoms with Gasteiger partial charge in [-0.05, 0) is 30.5 Å². The van der Waals surface area contributed by atoms with Gasteiger partial charge in [0.25, 0.3) is 0 Å². The van der Waals surface area contributed by atoms with Crippen molar-refractivity contribution in [2.75, 3.05) is 13.3 Å². The number of hydrogen-bond acceptors (Lipinski definition) is 6. The summed E-state index contributed by atoms with van der Waals surface area (Å²) in [6, 6.07) is 5.51. The molecule has 2 N–H and O–H groups in total. The van der Waals surface area contributed by atoms with E-state index in [0.717, 1.165) is 17.8 Å². The molecule has 138 valence electrons. The number of aromatic nitrogens is 3. The smallest absolute Gasteiger partial charge is 0.231 e. The molecule has 1 fully saturated rings. The molecule has 1 aromatic carbocycles. The van der Waals surface area contributed by atoms with Crippen molar-refractivity contribution in [2.45, 2.75) is 31.3 Å². The van der Waals surface area contributed by atoms with Crippen molar-refractivity contribution in [3.05, 3.63) is 35.9 Å². The van der Waals surface area contributed by atoms with Crippen LogP contribution in [0.5, 0.6) is 11.5 Å². The van der Waals surface area contributed by atoms with E-state index in [4.69, 9.17) is 9.47 Å². The molecule has 1 saturated carbocycles. The number of nitrogens with zero attached hydrogens (tertiary/aromatic N) is 3. The Morgan fingerprint density at radius 2 is 2.19 bits per heavy atom. The second-order valence-electron chi connectivity index (χ2n) is 6.96. The van der Waals surface area contributed by atoms with Gasteiger partial charge in [-0.25, -0.2) is 0 Å². The summed E-state index contributed by atoms with van der Waals surface area (Å²) < 4.78 is 12.5. The Kier molecular flexibility index (Phi) is 4.50. The van der Waals surface area contributed by atoms with Crippen LogP contribution in [0.4, 0.5) is 0 Å². The summed E-state index contributed by atoms with van der Waals surface area (Å²) in [6.45, 7) is 0.677. The Balaban J connectivity index is 1.30. The van der Waals surface area contributed by atoms with Crippen LogP contribution in [0.15, 0.2) is 24.5 Å². The third kappa shape index (κ3) is 3.37. The van der Waals surface area contributed by atoms with Crippen LogP contribution in [0.2, 0.25) is 0 Å². The van der Waals surface area contributed by atoms with E-state index < -0.39 is 6.10 Å². The molecule has 3 atom stereocenters. The number of carbonyl (C=O) groups is 1. The molecule has 8 heteroatoms. The molecule has 0 bridgehead atoms. The number of fused-ring (bicyclic) bond motifs is 1. The van der Waals surface area contributed by atoms with Gasteiger partial charge in [-0.2, -0.15) is 0 Å². The topological polar surface area (TPSA) is 98.5 Å². The van der Waals surface area contributed by atoms with Crippen LogP contribution < -0.4 is 14.8 Å². The number of amides is 1. The molecule has 26 heavy (non-hydrogen) atoms. The van der Waals surface area contributed by atoms with Gasteiger partial charge in [-0.15, -0.1) is 10.2 Å². The highest BCUT2D eigenvalue weighted by Gasteiger charge is 2.35. The highest BCUT2D eigenvalue weighted by atomic mass is 16.7. The number of aliphatic hydroxyl groups is 1. The first kappa shape index (κ1) is 16.8. The maximum absolute atomic E-state index is 12.2. The van der Waals surface area contributed by atoms with Gasteiger partial charge < -0.3 is 24.5 Å². The Labute approximate surface area is 151 Å². The summed E-state index contributed by atoms with van der Waals surface area (Å²) in [5.74, 6) is 2.40. The molecular formula is C18H22N4O4. The SMILES string of the molecule is Cn1cnnc1[C@H]1C[C@H](CNC(=O)Cc2ccc3c(c2)OCO3)[C@H](O)C1. The van der Waals surface area contributed by atoms with E-state index in [9.17, 15) is 9.90 Å². The number of ether oxygens (including phenoxy) is 2. The van der Waals surface area contributed by atoms with Gasteiger partial charge in [0.05, 0.1) is 12.5 Å². The normalized spacial score (nSPS) is 24.0. The zero-order chi connectivity index (χ0) is 18.1. The van der Waals surface area contributed by atoms with Crippen LogP contribution in [-0.4, -0.2) is 45.2 Å². The van der Waals surface area contributed by atoms with E-state index in [1.165, 1.54) is 0 Å². The number of hydrogen-bond donors (Lipinski definition) is 2. The molecule has 1 aromatic heterocycles. The van der Waals surface area contributed by atoms with Crippen LogP contribution in [0.3, 0.4) is 0 Å². The third-order valence-corrected chi connectivity index (χ3v) is 5.13. The Morgan fingerprint density at radius 3 is 3.00 bits per heavy atom. The molecule has 1 aliphatic carbocycles. The average molecular weight is 358 g/mol. The van der Waals surface area contributed by atoms with Gasteiger partial charge >= 0.3 is 0 Å².